The van der Waals surface area contributed by atoms with Crippen molar-refractivity contribution in [1.29, 1.82) is 0 Å². The number of carbonyl (C=O) groups is 4. The second kappa shape index (κ2) is 17.8. The van der Waals surface area contributed by atoms with Crippen molar-refractivity contribution >= 4 is 35.3 Å². The molecule has 5 N–H and O–H groups in total. The Hall–Kier alpha value is -7.04. The van der Waals surface area contributed by atoms with Crippen molar-refractivity contribution in [2.45, 2.75) is 69.1 Å². The number of rotatable bonds is 13. The van der Waals surface area contributed by atoms with Gasteiger partial charge in [-0.15, -0.1) is 0 Å². The number of alkyl carbamates (subject to hydrolysis) is 2. The number of methoxy groups -OCH3 is 2. The molecule has 3 aliphatic heterocycles. The number of hydrogen-bond acceptors (Lipinski definition) is 10. The molecule has 3 aliphatic rings. The van der Waals surface area contributed by atoms with Gasteiger partial charge in [-0.05, 0) is 53.5 Å². The van der Waals surface area contributed by atoms with E-state index in [1.165, 1.54) is 20.5 Å². The lowest BCUT2D eigenvalue weighted by Crippen LogP contribution is -2.52. The third-order valence-corrected chi connectivity index (χ3v) is 11.4. The van der Waals surface area contributed by atoms with Crippen molar-refractivity contribution < 1.29 is 28.7 Å². The maximum absolute atomic E-state index is 13.8. The number of aromatic nitrogens is 6. The minimum atomic E-state index is -0.827. The van der Waals surface area contributed by atoms with Crippen molar-refractivity contribution in [2.24, 2.45) is 4.99 Å². The number of ether oxygens (including phenoxy) is 2. The van der Waals surface area contributed by atoms with Gasteiger partial charge < -0.3 is 44.9 Å². The summed E-state index contributed by atoms with van der Waals surface area (Å²) in [5, 5.41) is 5.39. The fourth-order valence-corrected chi connectivity index (χ4v) is 8.33. The number of aliphatic imine (C=N–C) groups is 1. The van der Waals surface area contributed by atoms with Crippen LogP contribution in [0.25, 0.3) is 28.0 Å². The van der Waals surface area contributed by atoms with Crippen molar-refractivity contribution in [2.75, 3.05) is 27.3 Å². The van der Waals surface area contributed by atoms with E-state index in [0.717, 1.165) is 76.3 Å². The van der Waals surface area contributed by atoms with Gasteiger partial charge in [-0.2, -0.15) is 0 Å². The molecule has 5 aromatic rings. The third kappa shape index (κ3) is 8.69. The first-order valence-electron chi connectivity index (χ1n) is 20.0. The van der Waals surface area contributed by atoms with Crippen LogP contribution in [0.15, 0.2) is 91.0 Å². The summed E-state index contributed by atoms with van der Waals surface area (Å²) in [5.74, 6) is 0.309. The highest BCUT2D eigenvalue weighted by Gasteiger charge is 2.39. The number of allylic oxidation sites excluding steroid dienone is 1. The highest BCUT2D eigenvalue weighted by atomic mass is 16.5. The Morgan fingerprint density at radius 2 is 1.23 bits per heavy atom. The first-order valence-corrected chi connectivity index (χ1v) is 20.0. The lowest BCUT2D eigenvalue weighted by Gasteiger charge is -2.29. The number of benzene rings is 2. The van der Waals surface area contributed by atoms with Crippen LogP contribution in [0.4, 0.5) is 9.59 Å². The Morgan fingerprint density at radius 1 is 0.717 bits per heavy atom. The van der Waals surface area contributed by atoms with Crippen LogP contribution >= 0.6 is 0 Å². The Balaban J connectivity index is 0.885. The molecule has 3 aromatic heterocycles. The zero-order chi connectivity index (χ0) is 41.6. The van der Waals surface area contributed by atoms with Gasteiger partial charge >= 0.3 is 12.2 Å². The van der Waals surface area contributed by atoms with Gasteiger partial charge in [-0.3, -0.25) is 14.6 Å². The summed E-state index contributed by atoms with van der Waals surface area (Å²) in [7, 11) is 2.55. The topological polar surface area (TPSA) is 216 Å². The highest BCUT2D eigenvalue weighted by molar-refractivity contribution is 6.04. The number of imidazole rings is 3. The zero-order valence-electron chi connectivity index (χ0n) is 33.4. The summed E-state index contributed by atoms with van der Waals surface area (Å²) >= 11 is 0. The molecule has 0 bridgehead atoms. The number of nitrogens with one attached hydrogen (secondary N) is 5. The smallest absolute Gasteiger partial charge is 0.407 e. The standard InChI is InChI=1S/C43H47N11O6/c1-59-42(57)51-34(18-31-21-44-24-48-31)40(55)53-15-3-5-37(53)33-17-30(20-46-33)28-9-7-26(8-10-28)27-11-13-29(14-12-27)36-23-47-39(50-36)38-6-4-16-54(38)41(56)35(52-43(58)60-2)19-32-22-45-25-49-32/h7-14,20-25,34-35,37-38H,3-6,15-19H2,1-2H3,(H,44,48)(H,45,49)(H,47,50)(H,51,57)(H,52,58)/t34-,35-,37-,38-/m0/s1. The molecular formula is C43H47N11O6. The lowest BCUT2D eigenvalue weighted by atomic mass is 9.96. The van der Waals surface area contributed by atoms with Gasteiger partial charge in [0.25, 0.3) is 0 Å². The summed E-state index contributed by atoms with van der Waals surface area (Å²) in [5.41, 5.74) is 8.47. The molecule has 17 heteroatoms. The summed E-state index contributed by atoms with van der Waals surface area (Å²) in [4.78, 5) is 82.5. The Labute approximate surface area is 346 Å². The van der Waals surface area contributed by atoms with Crippen LogP contribution in [0.1, 0.15) is 60.9 Å². The second-order valence-corrected chi connectivity index (χ2v) is 15.1. The largest absolute Gasteiger partial charge is 0.453 e. The molecule has 0 radical (unpaired) electrons. The first kappa shape index (κ1) is 39.8. The summed E-state index contributed by atoms with van der Waals surface area (Å²) in [6.07, 6.45) is 13.1. The molecule has 0 unspecified atom stereocenters. The molecule has 17 nitrogen and oxygen atoms in total. The van der Waals surface area contributed by atoms with Gasteiger partial charge in [0, 0.05) is 68.0 Å². The maximum Gasteiger partial charge on any atom is 0.407 e. The van der Waals surface area contributed by atoms with E-state index in [1.807, 2.05) is 23.2 Å². The zero-order valence-corrected chi connectivity index (χ0v) is 33.4. The number of likely N-dealkylation sites (tertiary alicyclic amines) is 2. The van der Waals surface area contributed by atoms with E-state index in [4.69, 9.17) is 19.5 Å². The van der Waals surface area contributed by atoms with E-state index in [-0.39, 0.29) is 36.7 Å². The average Bonchev–Trinajstić information content (AvgIpc) is 4.12. The van der Waals surface area contributed by atoms with Gasteiger partial charge in [-0.1, -0.05) is 48.5 Å². The maximum atomic E-state index is 13.8. The monoisotopic (exact) mass is 813 g/mol. The molecular weight excluding hydrogens is 767 g/mol. The molecule has 2 fully saturated rings. The first-order chi connectivity index (χ1) is 29.3. The summed E-state index contributed by atoms with van der Waals surface area (Å²) in [6.45, 7) is 1.13. The molecule has 4 amide bonds. The van der Waals surface area contributed by atoms with Crippen LogP contribution in [0.2, 0.25) is 0 Å². The Morgan fingerprint density at radius 3 is 1.77 bits per heavy atom. The number of carbonyl (C=O) groups excluding carboxylic acids is 4. The van der Waals surface area contributed by atoms with Gasteiger partial charge in [0.1, 0.15) is 17.9 Å². The Bertz CT molecular complexity index is 2350. The minimum absolute atomic E-state index is 0.154. The van der Waals surface area contributed by atoms with Crippen molar-refractivity contribution in [1.82, 2.24) is 50.3 Å². The normalized spacial score (nSPS) is 18.4. The van der Waals surface area contributed by atoms with Gasteiger partial charge in [0.15, 0.2) is 0 Å². The quantitative estimate of drug-likeness (QED) is 0.108. The number of aromatic amines is 3. The van der Waals surface area contributed by atoms with E-state index < -0.39 is 24.3 Å². The van der Waals surface area contributed by atoms with Crippen LogP contribution in [-0.2, 0) is 31.9 Å². The third-order valence-electron chi connectivity index (χ3n) is 11.4. The van der Waals surface area contributed by atoms with E-state index in [1.54, 1.807) is 29.8 Å². The van der Waals surface area contributed by atoms with E-state index in [9.17, 15) is 19.2 Å². The number of amides is 4. The van der Waals surface area contributed by atoms with Gasteiger partial charge in [0.05, 0.1) is 50.8 Å². The molecule has 2 aromatic carbocycles. The molecule has 0 aliphatic carbocycles. The fourth-order valence-electron chi connectivity index (χ4n) is 8.33. The minimum Gasteiger partial charge on any atom is -0.453 e. The van der Waals surface area contributed by atoms with E-state index >= 15 is 0 Å². The predicted molar refractivity (Wildman–Crippen MR) is 221 cm³/mol. The second-order valence-electron chi connectivity index (χ2n) is 15.1. The van der Waals surface area contributed by atoms with Crippen molar-refractivity contribution in [3.63, 3.8) is 0 Å². The van der Waals surface area contributed by atoms with Crippen molar-refractivity contribution in [3.8, 4) is 22.4 Å². The summed E-state index contributed by atoms with van der Waals surface area (Å²) < 4.78 is 9.61. The van der Waals surface area contributed by atoms with Crippen LogP contribution in [0.5, 0.6) is 0 Å². The van der Waals surface area contributed by atoms with E-state index in [0.29, 0.717) is 25.3 Å². The van der Waals surface area contributed by atoms with Crippen LogP contribution in [0.3, 0.4) is 0 Å². The average molecular weight is 814 g/mol. The lowest BCUT2D eigenvalue weighted by molar-refractivity contribution is -0.134. The number of H-pyrrole nitrogens is 3. The molecule has 8 rings (SSSR count). The predicted octanol–water partition coefficient (Wildman–Crippen LogP) is 4.96. The molecule has 6 heterocycles. The fraction of sp³-hybridized carbons (Fsp3) is 0.349. The van der Waals surface area contributed by atoms with Crippen LogP contribution in [-0.4, -0.2) is 115 Å². The van der Waals surface area contributed by atoms with Crippen LogP contribution in [0, 0.1) is 0 Å². The number of nitrogens with zero attached hydrogens (tertiary/aromatic N) is 6. The van der Waals surface area contributed by atoms with Gasteiger partial charge in [-0.25, -0.2) is 24.5 Å². The van der Waals surface area contributed by atoms with Gasteiger partial charge in [0.2, 0.25) is 11.8 Å². The molecule has 0 saturated carbocycles. The molecule has 4 atom stereocenters. The molecule has 310 valence electrons. The Kier molecular flexibility index (Phi) is 11.8. The summed E-state index contributed by atoms with van der Waals surface area (Å²) in [6, 6.07) is 14.6. The SMILES string of the molecule is COC(=O)N[C@@H](Cc1cnc[nH]1)C(=O)N1CCC[C@H]1C1=NC=C(c2ccc(-c3ccc(-c4cnc([C@@H]5CCCN5C(=O)[C@H](Cc5cnc[nH]5)NC(=O)OC)[nH]4)cc3)cc2)C1. The van der Waals surface area contributed by atoms with Crippen LogP contribution < -0.4 is 10.6 Å². The van der Waals surface area contributed by atoms with E-state index in [2.05, 4.69) is 72.0 Å². The highest BCUT2D eigenvalue weighted by Crippen LogP contribution is 2.34. The molecule has 2 saturated heterocycles. The molecule has 0 spiro atoms. The molecule has 60 heavy (non-hydrogen) atoms. The van der Waals surface area contributed by atoms with Crippen molar-refractivity contribution in [3.05, 3.63) is 109 Å². The number of hydrogen-bond donors (Lipinski definition) is 5.